The van der Waals surface area contributed by atoms with E-state index in [2.05, 4.69) is 26.6 Å². The lowest BCUT2D eigenvalue weighted by molar-refractivity contribution is 0.0723. The summed E-state index contributed by atoms with van der Waals surface area (Å²) in [6, 6.07) is 10.8. The van der Waals surface area contributed by atoms with Gasteiger partial charge in [-0.2, -0.15) is 10.4 Å². The van der Waals surface area contributed by atoms with Crippen molar-refractivity contribution in [3.05, 3.63) is 64.2 Å². The minimum absolute atomic E-state index is 0.122. The number of ether oxygens (including phenoxy) is 1. The zero-order chi connectivity index (χ0) is 22.8. The van der Waals surface area contributed by atoms with E-state index < -0.39 is 6.09 Å². The summed E-state index contributed by atoms with van der Waals surface area (Å²) in [6.07, 6.45) is 0.888. The normalized spacial score (nSPS) is 15.2. The highest BCUT2D eigenvalue weighted by Crippen LogP contribution is 2.18. The van der Waals surface area contributed by atoms with Crippen LogP contribution in [-0.2, 0) is 37.3 Å². The molecule has 0 bridgehead atoms. The fourth-order valence-electron chi connectivity index (χ4n) is 4.07. The summed E-state index contributed by atoms with van der Waals surface area (Å²) in [5.41, 5.74) is 4.49. The average Bonchev–Trinajstić information content (AvgIpc) is 3.44. The quantitative estimate of drug-likeness (QED) is 0.640. The maximum atomic E-state index is 13.0. The van der Waals surface area contributed by atoms with Crippen molar-refractivity contribution in [2.45, 2.75) is 32.5 Å². The van der Waals surface area contributed by atoms with Crippen molar-refractivity contribution in [3.8, 4) is 6.07 Å². The molecule has 11 heteroatoms. The zero-order valence-corrected chi connectivity index (χ0v) is 17.9. The molecule has 0 unspecified atom stereocenters. The minimum atomic E-state index is -0.391. The van der Waals surface area contributed by atoms with Crippen LogP contribution in [-0.4, -0.2) is 66.6 Å². The second kappa shape index (κ2) is 8.74. The standard InChI is InChI=1S/C22H22N8O3/c23-12-15-1-3-16(4-2-15)14-33-22(32)28-7-5-17-11-19(26-30(17)10-9-28)21(31)29-8-6-18-20(13-29)25-27-24-18/h1-4,11H,5-10,13-14H2,(H,24,25,27). The predicted molar refractivity (Wildman–Crippen MR) is 114 cm³/mol. The van der Waals surface area contributed by atoms with Crippen molar-refractivity contribution < 1.29 is 14.3 Å². The molecule has 5 rings (SSSR count). The van der Waals surface area contributed by atoms with Crippen LogP contribution >= 0.6 is 0 Å². The topological polar surface area (TPSA) is 133 Å². The van der Waals surface area contributed by atoms with Gasteiger partial charge in [-0.1, -0.05) is 17.3 Å². The number of aromatic nitrogens is 5. The van der Waals surface area contributed by atoms with E-state index in [-0.39, 0.29) is 12.5 Å². The Bertz CT molecular complexity index is 1200. The molecule has 1 N–H and O–H groups in total. The van der Waals surface area contributed by atoms with E-state index >= 15 is 0 Å². The fourth-order valence-corrected chi connectivity index (χ4v) is 4.07. The SMILES string of the molecule is N#Cc1ccc(COC(=O)N2CCc3cc(C(=O)N4CCc5[nH]nnc5C4)nn3CC2)cc1. The third-order valence-corrected chi connectivity index (χ3v) is 5.97. The largest absolute Gasteiger partial charge is 0.445 e. The van der Waals surface area contributed by atoms with Crippen molar-refractivity contribution in [1.29, 1.82) is 5.26 Å². The van der Waals surface area contributed by atoms with Gasteiger partial charge in [0.15, 0.2) is 5.69 Å². The number of aromatic amines is 1. The Morgan fingerprint density at radius 2 is 1.91 bits per heavy atom. The number of fused-ring (bicyclic) bond motifs is 2. The molecule has 0 aliphatic carbocycles. The van der Waals surface area contributed by atoms with Crippen LogP contribution < -0.4 is 0 Å². The molecule has 0 fully saturated rings. The van der Waals surface area contributed by atoms with Gasteiger partial charge in [0.2, 0.25) is 0 Å². The van der Waals surface area contributed by atoms with Gasteiger partial charge in [0.05, 0.1) is 30.4 Å². The number of nitrogens with one attached hydrogen (secondary N) is 1. The number of carbonyl (C=O) groups is 2. The van der Waals surface area contributed by atoms with Gasteiger partial charge in [0, 0.05) is 38.2 Å². The highest BCUT2D eigenvalue weighted by molar-refractivity contribution is 5.92. The molecule has 4 heterocycles. The monoisotopic (exact) mass is 446 g/mol. The second-order valence-corrected chi connectivity index (χ2v) is 8.06. The van der Waals surface area contributed by atoms with E-state index in [9.17, 15) is 9.59 Å². The van der Waals surface area contributed by atoms with Crippen molar-refractivity contribution in [1.82, 2.24) is 35.0 Å². The van der Waals surface area contributed by atoms with Crippen LogP contribution in [0.3, 0.4) is 0 Å². The first-order chi connectivity index (χ1) is 16.1. The number of amides is 2. The number of hydrogen-bond donors (Lipinski definition) is 1. The number of benzene rings is 1. The Morgan fingerprint density at radius 1 is 1.09 bits per heavy atom. The summed E-state index contributed by atoms with van der Waals surface area (Å²) in [7, 11) is 0. The molecule has 0 saturated carbocycles. The molecule has 3 aromatic rings. The van der Waals surface area contributed by atoms with Crippen LogP contribution in [0, 0.1) is 11.3 Å². The van der Waals surface area contributed by atoms with Gasteiger partial charge in [0.1, 0.15) is 12.3 Å². The highest BCUT2D eigenvalue weighted by atomic mass is 16.6. The van der Waals surface area contributed by atoms with Gasteiger partial charge in [-0.25, -0.2) is 4.79 Å². The molecular weight excluding hydrogens is 424 g/mol. The molecule has 0 atom stereocenters. The minimum Gasteiger partial charge on any atom is -0.445 e. The van der Waals surface area contributed by atoms with Crippen molar-refractivity contribution in [2.24, 2.45) is 0 Å². The van der Waals surface area contributed by atoms with E-state index in [0.29, 0.717) is 56.8 Å². The Balaban J connectivity index is 1.17. The smallest absolute Gasteiger partial charge is 0.410 e. The molecule has 0 radical (unpaired) electrons. The van der Waals surface area contributed by atoms with Crippen LogP contribution in [0.5, 0.6) is 0 Å². The number of nitrogens with zero attached hydrogens (tertiary/aromatic N) is 7. The molecule has 11 nitrogen and oxygen atoms in total. The van der Waals surface area contributed by atoms with Crippen molar-refractivity contribution >= 4 is 12.0 Å². The Hall–Kier alpha value is -4.20. The van der Waals surface area contributed by atoms with Crippen LogP contribution in [0.25, 0.3) is 0 Å². The summed E-state index contributed by atoms with van der Waals surface area (Å²) in [5, 5.41) is 24.1. The van der Waals surface area contributed by atoms with Crippen LogP contribution in [0.2, 0.25) is 0 Å². The summed E-state index contributed by atoms with van der Waals surface area (Å²) >= 11 is 0. The number of rotatable bonds is 3. The molecule has 2 amide bonds. The maximum Gasteiger partial charge on any atom is 0.410 e. The summed E-state index contributed by atoms with van der Waals surface area (Å²) < 4.78 is 7.23. The molecule has 2 aliphatic heterocycles. The van der Waals surface area contributed by atoms with Gasteiger partial charge < -0.3 is 14.5 Å². The second-order valence-electron chi connectivity index (χ2n) is 8.06. The number of hydrogen-bond acceptors (Lipinski definition) is 7. The molecular formula is C22H22N8O3. The van der Waals surface area contributed by atoms with Crippen LogP contribution in [0.4, 0.5) is 4.79 Å². The zero-order valence-electron chi connectivity index (χ0n) is 17.9. The van der Waals surface area contributed by atoms with Gasteiger partial charge in [-0.05, 0) is 23.8 Å². The lowest BCUT2D eigenvalue weighted by atomic mass is 10.1. The highest BCUT2D eigenvalue weighted by Gasteiger charge is 2.28. The lowest BCUT2D eigenvalue weighted by Gasteiger charge is -2.24. The average molecular weight is 446 g/mol. The molecule has 0 saturated heterocycles. The number of carbonyl (C=O) groups excluding carboxylic acids is 2. The van der Waals surface area contributed by atoms with E-state index in [1.165, 1.54) is 0 Å². The van der Waals surface area contributed by atoms with Crippen molar-refractivity contribution in [3.63, 3.8) is 0 Å². The number of nitriles is 1. The van der Waals surface area contributed by atoms with Crippen LogP contribution in [0.1, 0.15) is 38.7 Å². The predicted octanol–water partition coefficient (Wildman–Crippen LogP) is 1.27. The summed E-state index contributed by atoms with van der Waals surface area (Å²) in [5.74, 6) is -0.122. The maximum absolute atomic E-state index is 13.0. The number of H-pyrrole nitrogens is 1. The molecule has 33 heavy (non-hydrogen) atoms. The molecule has 2 aromatic heterocycles. The molecule has 1 aromatic carbocycles. The Morgan fingerprint density at radius 3 is 2.73 bits per heavy atom. The fraction of sp³-hybridized carbons (Fsp3) is 0.364. The van der Waals surface area contributed by atoms with E-state index in [1.54, 1.807) is 38.7 Å². The molecule has 2 aliphatic rings. The molecule has 168 valence electrons. The van der Waals surface area contributed by atoms with Gasteiger partial charge in [-0.15, -0.1) is 5.10 Å². The van der Waals surface area contributed by atoms with E-state index in [1.807, 2.05) is 6.07 Å². The van der Waals surface area contributed by atoms with E-state index in [0.717, 1.165) is 22.6 Å². The lowest BCUT2D eigenvalue weighted by Crippen LogP contribution is -2.36. The third-order valence-electron chi connectivity index (χ3n) is 5.97. The van der Waals surface area contributed by atoms with Crippen LogP contribution in [0.15, 0.2) is 30.3 Å². The summed E-state index contributed by atoms with van der Waals surface area (Å²) in [4.78, 5) is 28.9. The summed E-state index contributed by atoms with van der Waals surface area (Å²) in [6.45, 7) is 2.58. The van der Waals surface area contributed by atoms with Gasteiger partial charge in [0.25, 0.3) is 5.91 Å². The Labute approximate surface area is 189 Å². The first kappa shape index (κ1) is 20.7. The van der Waals surface area contributed by atoms with E-state index in [4.69, 9.17) is 10.00 Å². The molecule has 0 spiro atoms. The van der Waals surface area contributed by atoms with Gasteiger partial charge >= 0.3 is 6.09 Å². The third kappa shape index (κ3) is 4.27. The first-order valence-corrected chi connectivity index (χ1v) is 10.8. The van der Waals surface area contributed by atoms with Crippen molar-refractivity contribution in [2.75, 3.05) is 19.6 Å². The van der Waals surface area contributed by atoms with Gasteiger partial charge in [-0.3, -0.25) is 14.6 Å². The first-order valence-electron chi connectivity index (χ1n) is 10.8. The Kier molecular flexibility index (Phi) is 5.48.